The number of hydrogen-bond acceptors (Lipinski definition) is 8. The average molecular weight is 402 g/mol. The lowest BCUT2D eigenvalue weighted by Crippen LogP contribution is -2.43. The van der Waals surface area contributed by atoms with Gasteiger partial charge in [0.2, 0.25) is 11.5 Å². The zero-order valence-electron chi connectivity index (χ0n) is 16.7. The van der Waals surface area contributed by atoms with E-state index in [1.54, 1.807) is 4.52 Å². The van der Waals surface area contributed by atoms with E-state index in [-0.39, 0.29) is 0 Å². The number of para-hydroxylation sites is 1. The molecule has 1 aromatic carbocycles. The Bertz CT molecular complexity index is 1250. The Labute approximate surface area is 173 Å². The maximum atomic E-state index is 5.89. The van der Waals surface area contributed by atoms with Crippen molar-refractivity contribution in [3.63, 3.8) is 0 Å². The maximum Gasteiger partial charge on any atom is 0.222 e. The van der Waals surface area contributed by atoms with Crippen LogP contribution in [0.5, 0.6) is 5.75 Å². The van der Waals surface area contributed by atoms with Crippen LogP contribution in [0.3, 0.4) is 0 Å². The number of hydrogen-bond donors (Lipinski definition) is 1. The first-order valence-corrected chi connectivity index (χ1v) is 10.2. The van der Waals surface area contributed by atoms with Crippen LogP contribution in [0.25, 0.3) is 28.1 Å². The molecule has 0 amide bonds. The molecule has 0 atom stereocenters. The monoisotopic (exact) mass is 402 g/mol. The molecule has 9 nitrogen and oxygen atoms in total. The van der Waals surface area contributed by atoms with Gasteiger partial charge >= 0.3 is 0 Å². The van der Waals surface area contributed by atoms with Crippen LogP contribution in [0.4, 0.5) is 11.4 Å². The molecular formula is C21H22N8O. The van der Waals surface area contributed by atoms with Crippen LogP contribution in [-0.2, 0) is 0 Å². The van der Waals surface area contributed by atoms with Crippen molar-refractivity contribution in [2.24, 2.45) is 0 Å². The van der Waals surface area contributed by atoms with Gasteiger partial charge in [0, 0.05) is 38.6 Å². The standard InChI is InChI=1S/C21H22N8O/c1-27-11-12-30-19-17(27)13-23-29-20(25-26-21(19)29)15-6-5-14-3-2-4-16(18(14)24-15)28-9-7-22-8-10-28/h2-6,13,22H,7-12H2,1H3. The van der Waals surface area contributed by atoms with Crippen molar-refractivity contribution in [1.29, 1.82) is 0 Å². The van der Waals surface area contributed by atoms with E-state index in [9.17, 15) is 0 Å². The summed E-state index contributed by atoms with van der Waals surface area (Å²) in [4.78, 5) is 9.50. The molecule has 6 rings (SSSR count). The number of ether oxygens (including phenoxy) is 1. The molecule has 2 aliphatic rings. The van der Waals surface area contributed by atoms with Crippen LogP contribution >= 0.6 is 0 Å². The lowest BCUT2D eigenvalue weighted by Gasteiger charge is -2.30. The molecule has 0 saturated carbocycles. The summed E-state index contributed by atoms with van der Waals surface area (Å²) in [6.45, 7) is 5.35. The second-order valence-electron chi connectivity index (χ2n) is 7.67. The van der Waals surface area contributed by atoms with Gasteiger partial charge in [-0.3, -0.25) is 0 Å². The van der Waals surface area contributed by atoms with E-state index in [4.69, 9.17) is 9.72 Å². The molecule has 5 heterocycles. The number of nitrogens with zero attached hydrogens (tertiary/aromatic N) is 7. The molecule has 3 aromatic heterocycles. The zero-order valence-corrected chi connectivity index (χ0v) is 16.7. The minimum absolute atomic E-state index is 0.613. The van der Waals surface area contributed by atoms with Crippen molar-refractivity contribution < 1.29 is 4.74 Å². The van der Waals surface area contributed by atoms with E-state index in [1.165, 1.54) is 0 Å². The third-order valence-electron chi connectivity index (χ3n) is 5.84. The zero-order chi connectivity index (χ0) is 20.1. The van der Waals surface area contributed by atoms with Crippen molar-refractivity contribution in [2.75, 3.05) is 56.2 Å². The molecule has 0 bridgehead atoms. The fraction of sp³-hybridized carbons (Fsp3) is 0.333. The number of likely N-dealkylation sites (N-methyl/N-ethyl adjacent to an activating group) is 1. The summed E-state index contributed by atoms with van der Waals surface area (Å²) in [6.07, 6.45) is 1.81. The van der Waals surface area contributed by atoms with Gasteiger partial charge in [0.05, 0.1) is 23.9 Å². The molecule has 0 unspecified atom stereocenters. The first kappa shape index (κ1) is 17.4. The van der Waals surface area contributed by atoms with Crippen molar-refractivity contribution in [3.05, 3.63) is 36.5 Å². The van der Waals surface area contributed by atoms with Crippen LogP contribution < -0.4 is 19.9 Å². The van der Waals surface area contributed by atoms with Crippen molar-refractivity contribution >= 4 is 27.9 Å². The Balaban J connectivity index is 1.49. The van der Waals surface area contributed by atoms with Crippen molar-refractivity contribution in [1.82, 2.24) is 30.1 Å². The summed E-state index contributed by atoms with van der Waals surface area (Å²) >= 11 is 0. The molecule has 1 saturated heterocycles. The van der Waals surface area contributed by atoms with E-state index in [1.807, 2.05) is 19.3 Å². The smallest absolute Gasteiger partial charge is 0.222 e. The number of pyridine rings is 1. The number of anilines is 2. The highest BCUT2D eigenvalue weighted by Crippen LogP contribution is 2.34. The maximum absolute atomic E-state index is 5.89. The fourth-order valence-corrected chi connectivity index (χ4v) is 4.21. The summed E-state index contributed by atoms with van der Waals surface area (Å²) in [5, 5.41) is 17.9. The van der Waals surface area contributed by atoms with Crippen LogP contribution in [0.15, 0.2) is 36.5 Å². The Morgan fingerprint density at radius 3 is 2.80 bits per heavy atom. The Morgan fingerprint density at radius 2 is 1.90 bits per heavy atom. The van der Waals surface area contributed by atoms with Gasteiger partial charge in [0.15, 0.2) is 5.75 Å². The normalized spacial score (nSPS) is 16.7. The van der Waals surface area contributed by atoms with E-state index >= 15 is 0 Å². The van der Waals surface area contributed by atoms with Crippen LogP contribution in [0.2, 0.25) is 0 Å². The first-order chi connectivity index (χ1) is 14.8. The third kappa shape index (κ3) is 2.66. The Morgan fingerprint density at radius 1 is 1.00 bits per heavy atom. The quantitative estimate of drug-likeness (QED) is 0.541. The number of aromatic nitrogens is 5. The molecular weight excluding hydrogens is 380 g/mol. The summed E-state index contributed by atoms with van der Waals surface area (Å²) in [6, 6.07) is 10.4. The number of rotatable bonds is 2. The predicted octanol–water partition coefficient (Wildman–Crippen LogP) is 1.58. The van der Waals surface area contributed by atoms with E-state index in [0.29, 0.717) is 18.1 Å². The summed E-state index contributed by atoms with van der Waals surface area (Å²) in [5.74, 6) is 1.33. The molecule has 30 heavy (non-hydrogen) atoms. The summed E-state index contributed by atoms with van der Waals surface area (Å²) < 4.78 is 7.61. The fourth-order valence-electron chi connectivity index (χ4n) is 4.21. The molecule has 9 heteroatoms. The second-order valence-corrected chi connectivity index (χ2v) is 7.67. The van der Waals surface area contributed by atoms with Crippen LogP contribution in [-0.4, -0.2) is 71.2 Å². The SMILES string of the molecule is CN1CCOc2c1cnn1c(-c3ccc4cccc(N5CCNCC5)c4n3)nnc21. The minimum atomic E-state index is 0.613. The number of fused-ring (bicyclic) bond motifs is 4. The topological polar surface area (TPSA) is 83.7 Å². The lowest BCUT2D eigenvalue weighted by atomic mass is 10.1. The molecule has 4 aromatic rings. The van der Waals surface area contributed by atoms with Gasteiger partial charge in [0.25, 0.3) is 0 Å². The molecule has 1 fully saturated rings. The third-order valence-corrected chi connectivity index (χ3v) is 5.84. The van der Waals surface area contributed by atoms with Gasteiger partial charge in [-0.1, -0.05) is 18.2 Å². The highest BCUT2D eigenvalue weighted by Gasteiger charge is 2.23. The Hall–Kier alpha value is -3.46. The van der Waals surface area contributed by atoms with Crippen molar-refractivity contribution in [3.8, 4) is 17.3 Å². The molecule has 2 aliphatic heterocycles. The van der Waals surface area contributed by atoms with Gasteiger partial charge in [-0.2, -0.15) is 9.61 Å². The molecule has 152 valence electrons. The lowest BCUT2D eigenvalue weighted by molar-refractivity contribution is 0.312. The molecule has 1 N–H and O–H groups in total. The average Bonchev–Trinajstić information content (AvgIpc) is 3.24. The van der Waals surface area contributed by atoms with Crippen molar-refractivity contribution in [2.45, 2.75) is 0 Å². The van der Waals surface area contributed by atoms with Gasteiger partial charge in [-0.05, 0) is 12.1 Å². The van der Waals surface area contributed by atoms with Gasteiger partial charge in [0.1, 0.15) is 18.0 Å². The first-order valence-electron chi connectivity index (χ1n) is 10.2. The van der Waals surface area contributed by atoms with Crippen LogP contribution in [0.1, 0.15) is 0 Å². The van der Waals surface area contributed by atoms with Crippen LogP contribution in [0, 0.1) is 0 Å². The highest BCUT2D eigenvalue weighted by atomic mass is 16.5. The highest BCUT2D eigenvalue weighted by molar-refractivity contribution is 5.92. The summed E-state index contributed by atoms with van der Waals surface area (Å²) in [5.41, 5.74) is 4.42. The second kappa shape index (κ2) is 6.81. The Kier molecular flexibility index (Phi) is 3.95. The molecule has 0 aliphatic carbocycles. The van der Waals surface area contributed by atoms with E-state index < -0.39 is 0 Å². The number of benzene rings is 1. The van der Waals surface area contributed by atoms with Gasteiger partial charge < -0.3 is 19.9 Å². The minimum Gasteiger partial charge on any atom is -0.486 e. The molecule has 0 spiro atoms. The van der Waals surface area contributed by atoms with Gasteiger partial charge in [-0.15, -0.1) is 10.2 Å². The largest absolute Gasteiger partial charge is 0.486 e. The predicted molar refractivity (Wildman–Crippen MR) is 115 cm³/mol. The van der Waals surface area contributed by atoms with E-state index in [2.05, 4.69) is 54.7 Å². The van der Waals surface area contributed by atoms with E-state index in [0.717, 1.165) is 66.4 Å². The molecule has 0 radical (unpaired) electrons. The number of piperazine rings is 1. The summed E-state index contributed by atoms with van der Waals surface area (Å²) in [7, 11) is 2.03. The number of nitrogens with one attached hydrogen (secondary N) is 1. The van der Waals surface area contributed by atoms with Gasteiger partial charge in [-0.25, -0.2) is 4.98 Å².